The van der Waals surface area contributed by atoms with Gasteiger partial charge in [0.25, 0.3) is 5.91 Å². The molecule has 2 aromatic carbocycles. The highest BCUT2D eigenvalue weighted by atomic mass is 35.5. The van der Waals surface area contributed by atoms with E-state index in [9.17, 15) is 4.79 Å². The number of carbonyl (C=O) groups excluding carboxylic acids is 1. The smallest absolute Gasteiger partial charge is 0.256 e. The second-order valence-electron chi connectivity index (χ2n) is 7.38. The van der Waals surface area contributed by atoms with Crippen molar-refractivity contribution >= 4 is 45.4 Å². The van der Waals surface area contributed by atoms with Crippen LogP contribution in [0, 0.1) is 0 Å². The normalized spacial score (nSPS) is 18.6. The Morgan fingerprint density at radius 3 is 2.69 bits per heavy atom. The highest BCUT2D eigenvalue weighted by molar-refractivity contribution is 7.16. The summed E-state index contributed by atoms with van der Waals surface area (Å²) in [5.41, 5.74) is 4.19. The van der Waals surface area contributed by atoms with Crippen LogP contribution in [-0.2, 0) is 19.5 Å². The molecule has 4 nitrogen and oxygen atoms in total. The van der Waals surface area contributed by atoms with Gasteiger partial charge in [-0.1, -0.05) is 59.6 Å². The number of fused-ring (bicyclic) bond motifs is 3. The van der Waals surface area contributed by atoms with Crippen LogP contribution in [0.15, 0.2) is 48.5 Å². The van der Waals surface area contributed by atoms with Crippen molar-refractivity contribution in [2.75, 3.05) is 11.9 Å². The quantitative estimate of drug-likeness (QED) is 0.563. The number of amides is 1. The number of carbonyl (C=O) groups is 1. The molecule has 0 saturated heterocycles. The number of rotatable bonds is 3. The lowest BCUT2D eigenvalue weighted by Crippen LogP contribution is -2.38. The highest BCUT2D eigenvalue weighted by Crippen LogP contribution is 2.41. The fraction of sp³-hybridized carbons (Fsp3) is 0.227. The summed E-state index contributed by atoms with van der Waals surface area (Å²) in [6.45, 7) is 2.75. The van der Waals surface area contributed by atoms with E-state index in [-0.39, 0.29) is 12.1 Å². The Kier molecular flexibility index (Phi) is 5.00. The molecule has 2 aliphatic heterocycles. The van der Waals surface area contributed by atoms with Gasteiger partial charge in [-0.15, -0.1) is 11.3 Å². The maximum absolute atomic E-state index is 12.9. The molecule has 3 aromatic rings. The fourth-order valence-corrected chi connectivity index (χ4v) is 5.63. The van der Waals surface area contributed by atoms with Crippen LogP contribution in [0.2, 0.25) is 10.0 Å². The van der Waals surface area contributed by atoms with Crippen molar-refractivity contribution in [1.29, 1.82) is 0 Å². The van der Waals surface area contributed by atoms with E-state index in [1.165, 1.54) is 16.0 Å². The number of thiophene rings is 1. The summed E-state index contributed by atoms with van der Waals surface area (Å²) in [5, 5.41) is 8.47. The van der Waals surface area contributed by atoms with E-state index in [1.54, 1.807) is 23.5 Å². The lowest BCUT2D eigenvalue weighted by molar-refractivity contribution is 0.0934. The zero-order valence-corrected chi connectivity index (χ0v) is 17.9. The van der Waals surface area contributed by atoms with Gasteiger partial charge in [0.05, 0.1) is 15.6 Å². The summed E-state index contributed by atoms with van der Waals surface area (Å²) < 4.78 is 0. The molecule has 3 heterocycles. The second-order valence-corrected chi connectivity index (χ2v) is 9.30. The van der Waals surface area contributed by atoms with Gasteiger partial charge in [-0.2, -0.15) is 0 Å². The minimum Gasteiger partial charge on any atom is -0.353 e. The number of hydrogen-bond donors (Lipinski definition) is 2. The van der Waals surface area contributed by atoms with Crippen molar-refractivity contribution in [1.82, 2.24) is 10.2 Å². The molecule has 2 aliphatic rings. The molecule has 148 valence electrons. The van der Waals surface area contributed by atoms with E-state index in [0.717, 1.165) is 42.2 Å². The van der Waals surface area contributed by atoms with Crippen LogP contribution >= 0.6 is 34.5 Å². The molecular formula is C22H19Cl2N3OS. The number of nitrogens with zero attached hydrogens (tertiary/aromatic N) is 1. The van der Waals surface area contributed by atoms with Crippen molar-refractivity contribution in [3.63, 3.8) is 0 Å². The summed E-state index contributed by atoms with van der Waals surface area (Å²) in [6, 6.07) is 15.9. The molecule has 0 radical (unpaired) electrons. The van der Waals surface area contributed by atoms with Gasteiger partial charge in [0.1, 0.15) is 11.2 Å². The molecule has 0 aliphatic carbocycles. The number of halogens is 2. The van der Waals surface area contributed by atoms with Gasteiger partial charge in [-0.3, -0.25) is 9.69 Å². The van der Waals surface area contributed by atoms with E-state index < -0.39 is 0 Å². The van der Waals surface area contributed by atoms with Gasteiger partial charge < -0.3 is 10.6 Å². The molecule has 0 saturated carbocycles. The van der Waals surface area contributed by atoms with Crippen LogP contribution in [-0.4, -0.2) is 17.4 Å². The van der Waals surface area contributed by atoms with Gasteiger partial charge >= 0.3 is 0 Å². The van der Waals surface area contributed by atoms with Crippen molar-refractivity contribution < 1.29 is 4.79 Å². The molecule has 7 heteroatoms. The molecule has 0 bridgehead atoms. The lowest BCUT2D eigenvalue weighted by Gasteiger charge is -2.28. The van der Waals surface area contributed by atoms with E-state index in [2.05, 4.69) is 39.8 Å². The number of benzene rings is 2. The Morgan fingerprint density at radius 2 is 1.90 bits per heavy atom. The Bertz CT molecular complexity index is 1080. The predicted octanol–water partition coefficient (Wildman–Crippen LogP) is 5.47. The molecule has 1 aromatic heterocycles. The Hall–Kier alpha value is -2.05. The topological polar surface area (TPSA) is 44.4 Å². The van der Waals surface area contributed by atoms with Crippen molar-refractivity contribution in [3.8, 4) is 0 Å². The van der Waals surface area contributed by atoms with Crippen LogP contribution in [0.5, 0.6) is 0 Å². The Morgan fingerprint density at radius 1 is 1.07 bits per heavy atom. The van der Waals surface area contributed by atoms with Crippen LogP contribution in [0.25, 0.3) is 0 Å². The minimum absolute atomic E-state index is 0.0242. The first kappa shape index (κ1) is 18.9. The summed E-state index contributed by atoms with van der Waals surface area (Å²) in [4.78, 5) is 16.6. The molecule has 29 heavy (non-hydrogen) atoms. The molecular weight excluding hydrogens is 425 g/mol. The van der Waals surface area contributed by atoms with E-state index in [0.29, 0.717) is 10.0 Å². The third-order valence-electron chi connectivity index (χ3n) is 5.44. The van der Waals surface area contributed by atoms with Crippen LogP contribution in [0.4, 0.5) is 5.00 Å². The molecule has 2 N–H and O–H groups in total. The number of hydrogen-bond acceptors (Lipinski definition) is 4. The maximum Gasteiger partial charge on any atom is 0.256 e. The zero-order valence-electron chi connectivity index (χ0n) is 15.5. The van der Waals surface area contributed by atoms with Gasteiger partial charge in [-0.05, 0) is 35.2 Å². The number of anilines is 1. The molecule has 0 unspecified atom stereocenters. The number of nitrogens with one attached hydrogen (secondary N) is 2. The SMILES string of the molecule is O=C1N[C@@H](c2ccc(Cl)c(Cl)c2)Nc2sc3c(c21)CCN(Cc1ccccc1)C3. The third-order valence-corrected chi connectivity index (χ3v) is 7.33. The van der Waals surface area contributed by atoms with Crippen molar-refractivity contribution in [2.24, 2.45) is 0 Å². The first-order chi connectivity index (χ1) is 14.1. The summed E-state index contributed by atoms with van der Waals surface area (Å²) in [5.74, 6) is -0.0242. The van der Waals surface area contributed by atoms with E-state index in [1.807, 2.05) is 12.1 Å². The van der Waals surface area contributed by atoms with Crippen LogP contribution < -0.4 is 10.6 Å². The Balaban J connectivity index is 1.38. The molecule has 5 rings (SSSR count). The third kappa shape index (κ3) is 3.64. The first-order valence-electron chi connectivity index (χ1n) is 9.51. The second kappa shape index (κ2) is 7.65. The maximum atomic E-state index is 12.9. The predicted molar refractivity (Wildman–Crippen MR) is 119 cm³/mol. The minimum atomic E-state index is -0.315. The van der Waals surface area contributed by atoms with Gasteiger partial charge in [0.15, 0.2) is 0 Å². The summed E-state index contributed by atoms with van der Waals surface area (Å²) in [6.07, 6.45) is 0.575. The van der Waals surface area contributed by atoms with Gasteiger partial charge in [0, 0.05) is 24.5 Å². The van der Waals surface area contributed by atoms with Crippen molar-refractivity contribution in [2.45, 2.75) is 25.7 Å². The molecule has 1 amide bonds. The monoisotopic (exact) mass is 443 g/mol. The standard InChI is InChI=1S/C22H19Cl2N3OS/c23-16-7-6-14(10-17(16)24)20-25-21(28)19-15-8-9-27(11-13-4-2-1-3-5-13)12-18(15)29-22(19)26-20/h1-7,10,20,26H,8-9,11-12H2,(H,25,28)/t20-/m1/s1. The lowest BCUT2D eigenvalue weighted by atomic mass is 10.00. The molecule has 0 fully saturated rings. The molecule has 0 spiro atoms. The Labute approximate surface area is 183 Å². The van der Waals surface area contributed by atoms with Crippen LogP contribution in [0.1, 0.15) is 38.1 Å². The average Bonchev–Trinajstić information content (AvgIpc) is 3.09. The van der Waals surface area contributed by atoms with Crippen molar-refractivity contribution in [3.05, 3.63) is 85.7 Å². The fourth-order valence-electron chi connectivity index (χ4n) is 4.00. The van der Waals surface area contributed by atoms with E-state index in [4.69, 9.17) is 23.2 Å². The molecule has 1 atom stereocenters. The zero-order chi connectivity index (χ0) is 20.0. The largest absolute Gasteiger partial charge is 0.353 e. The van der Waals surface area contributed by atoms with Gasteiger partial charge in [0.2, 0.25) is 0 Å². The summed E-state index contributed by atoms with van der Waals surface area (Å²) >= 11 is 13.9. The van der Waals surface area contributed by atoms with E-state index >= 15 is 0 Å². The summed E-state index contributed by atoms with van der Waals surface area (Å²) in [7, 11) is 0. The van der Waals surface area contributed by atoms with Crippen LogP contribution in [0.3, 0.4) is 0 Å². The first-order valence-corrected chi connectivity index (χ1v) is 11.1. The average molecular weight is 444 g/mol. The highest BCUT2D eigenvalue weighted by Gasteiger charge is 2.33. The van der Waals surface area contributed by atoms with Gasteiger partial charge in [-0.25, -0.2) is 0 Å².